The van der Waals surface area contributed by atoms with E-state index in [1.54, 1.807) is 12.3 Å². The van der Waals surface area contributed by atoms with Gasteiger partial charge in [-0.1, -0.05) is 30.3 Å². The summed E-state index contributed by atoms with van der Waals surface area (Å²) in [4.78, 5) is 22.7. The Morgan fingerprint density at radius 2 is 1.84 bits per heavy atom. The fourth-order valence-electron chi connectivity index (χ4n) is 1.97. The minimum Gasteiger partial charge on any atom is -0.477 e. The number of hydrogen-bond donors (Lipinski definition) is 1. The van der Waals surface area contributed by atoms with Gasteiger partial charge in [0, 0.05) is 12.7 Å². The number of pyridine rings is 1. The maximum absolute atomic E-state index is 11.8. The van der Waals surface area contributed by atoms with Crippen LogP contribution >= 0.6 is 0 Å². The summed E-state index contributed by atoms with van der Waals surface area (Å²) in [6.07, 6.45) is 3.29. The normalized spacial score (nSPS) is 10.3. The highest BCUT2D eigenvalue weighted by Crippen LogP contribution is 2.03. The van der Waals surface area contributed by atoms with Gasteiger partial charge in [-0.05, 0) is 30.5 Å². The lowest BCUT2D eigenvalue weighted by molar-refractivity contribution is 0.0694. The molecule has 0 spiro atoms. The lowest BCUT2D eigenvalue weighted by atomic mass is 10.1. The van der Waals surface area contributed by atoms with E-state index in [1.165, 1.54) is 16.2 Å². The molecule has 4 nitrogen and oxygen atoms in total. The Bertz CT molecular complexity index is 617. The Balaban J connectivity index is 2.03. The minimum absolute atomic E-state index is 0.179. The van der Waals surface area contributed by atoms with Crippen molar-refractivity contribution < 1.29 is 9.90 Å². The molecule has 4 heteroatoms. The molecule has 0 aliphatic rings. The first kappa shape index (κ1) is 13.1. The van der Waals surface area contributed by atoms with Gasteiger partial charge >= 0.3 is 5.97 Å². The largest absolute Gasteiger partial charge is 0.477 e. The lowest BCUT2D eigenvalue weighted by Gasteiger charge is -2.06. The van der Waals surface area contributed by atoms with Crippen molar-refractivity contribution in [3.63, 3.8) is 0 Å². The first-order valence-electron chi connectivity index (χ1n) is 6.15. The van der Waals surface area contributed by atoms with Gasteiger partial charge in [0.05, 0.1) is 0 Å². The number of hydrogen-bond acceptors (Lipinski definition) is 2. The van der Waals surface area contributed by atoms with Crippen LogP contribution in [0.4, 0.5) is 0 Å². The zero-order chi connectivity index (χ0) is 13.7. The summed E-state index contributed by atoms with van der Waals surface area (Å²) in [7, 11) is 0. The number of aryl methyl sites for hydroxylation is 2. The van der Waals surface area contributed by atoms with E-state index in [2.05, 4.69) is 0 Å². The second-order valence-corrected chi connectivity index (χ2v) is 4.31. The highest BCUT2D eigenvalue weighted by molar-refractivity contribution is 5.86. The monoisotopic (exact) mass is 257 g/mol. The molecule has 2 rings (SSSR count). The quantitative estimate of drug-likeness (QED) is 0.893. The number of nitrogens with zero attached hydrogens (tertiary/aromatic N) is 1. The van der Waals surface area contributed by atoms with Gasteiger partial charge in [0.2, 0.25) is 0 Å². The van der Waals surface area contributed by atoms with Crippen molar-refractivity contribution in [3.8, 4) is 0 Å². The molecule has 0 unspecified atom stereocenters. The Morgan fingerprint density at radius 3 is 2.53 bits per heavy atom. The Kier molecular flexibility index (Phi) is 4.13. The number of rotatable bonds is 5. The summed E-state index contributed by atoms with van der Waals surface area (Å²) in [6.45, 7) is 0.523. The third-order valence-electron chi connectivity index (χ3n) is 2.96. The van der Waals surface area contributed by atoms with Crippen LogP contribution in [0.2, 0.25) is 0 Å². The molecule has 2 aromatic rings. The van der Waals surface area contributed by atoms with E-state index in [9.17, 15) is 9.59 Å². The molecule has 0 aliphatic heterocycles. The molecule has 0 radical (unpaired) electrons. The number of aromatic nitrogens is 1. The van der Waals surface area contributed by atoms with E-state index in [0.29, 0.717) is 6.54 Å². The van der Waals surface area contributed by atoms with Crippen LogP contribution < -0.4 is 5.56 Å². The van der Waals surface area contributed by atoms with Crippen molar-refractivity contribution in [2.45, 2.75) is 19.4 Å². The van der Waals surface area contributed by atoms with Gasteiger partial charge in [0.1, 0.15) is 5.56 Å². The Labute approximate surface area is 110 Å². The lowest BCUT2D eigenvalue weighted by Crippen LogP contribution is -2.25. The zero-order valence-corrected chi connectivity index (χ0v) is 10.5. The van der Waals surface area contributed by atoms with E-state index in [-0.39, 0.29) is 5.56 Å². The van der Waals surface area contributed by atoms with Crippen LogP contribution in [0.5, 0.6) is 0 Å². The van der Waals surface area contributed by atoms with E-state index in [1.807, 2.05) is 30.3 Å². The van der Waals surface area contributed by atoms with Crippen LogP contribution in [0.25, 0.3) is 0 Å². The fourth-order valence-corrected chi connectivity index (χ4v) is 1.97. The molecule has 1 aromatic carbocycles. The molecular formula is C15H15NO3. The third-order valence-corrected chi connectivity index (χ3v) is 2.96. The SMILES string of the molecule is O=C(O)c1cccn(CCCc2ccccc2)c1=O. The van der Waals surface area contributed by atoms with E-state index < -0.39 is 11.5 Å². The summed E-state index contributed by atoms with van der Waals surface area (Å²) in [5, 5.41) is 8.88. The summed E-state index contributed by atoms with van der Waals surface area (Å²) >= 11 is 0. The average Bonchev–Trinajstić information content (AvgIpc) is 2.41. The summed E-state index contributed by atoms with van der Waals surface area (Å²) in [6, 6.07) is 12.9. The molecule has 1 N–H and O–H groups in total. The molecule has 0 saturated carbocycles. The molecular weight excluding hydrogens is 242 g/mol. The van der Waals surface area contributed by atoms with Gasteiger partial charge in [0.25, 0.3) is 5.56 Å². The van der Waals surface area contributed by atoms with Gasteiger partial charge in [-0.3, -0.25) is 4.79 Å². The number of aromatic carboxylic acids is 1. The van der Waals surface area contributed by atoms with Gasteiger partial charge < -0.3 is 9.67 Å². The molecule has 0 saturated heterocycles. The van der Waals surface area contributed by atoms with Gasteiger partial charge in [0.15, 0.2) is 0 Å². The van der Waals surface area contributed by atoms with Crippen LogP contribution in [-0.4, -0.2) is 15.6 Å². The summed E-state index contributed by atoms with van der Waals surface area (Å²) in [5.74, 6) is -1.18. The van der Waals surface area contributed by atoms with Crippen LogP contribution in [0.3, 0.4) is 0 Å². The second kappa shape index (κ2) is 6.00. The molecule has 0 aliphatic carbocycles. The van der Waals surface area contributed by atoms with Gasteiger partial charge in [-0.25, -0.2) is 4.79 Å². The number of carboxylic acid groups (broad SMARTS) is 1. The molecule has 1 aromatic heterocycles. The Hall–Kier alpha value is -2.36. The van der Waals surface area contributed by atoms with Crippen molar-refractivity contribution in [1.82, 2.24) is 4.57 Å². The number of carbonyl (C=O) groups is 1. The first-order valence-corrected chi connectivity index (χ1v) is 6.15. The topological polar surface area (TPSA) is 59.3 Å². The zero-order valence-electron chi connectivity index (χ0n) is 10.5. The van der Waals surface area contributed by atoms with Crippen molar-refractivity contribution in [2.24, 2.45) is 0 Å². The van der Waals surface area contributed by atoms with Crippen LogP contribution in [0, 0.1) is 0 Å². The maximum atomic E-state index is 11.8. The van der Waals surface area contributed by atoms with Crippen LogP contribution in [-0.2, 0) is 13.0 Å². The third kappa shape index (κ3) is 3.31. The van der Waals surface area contributed by atoms with E-state index in [0.717, 1.165) is 12.8 Å². The molecule has 1 heterocycles. The van der Waals surface area contributed by atoms with Crippen molar-refractivity contribution in [1.29, 1.82) is 0 Å². The standard InChI is InChI=1S/C15H15NO3/c17-14-13(15(18)19)9-5-11-16(14)10-4-8-12-6-2-1-3-7-12/h1-3,5-7,9,11H,4,8,10H2,(H,18,19). The van der Waals surface area contributed by atoms with Gasteiger partial charge in [-0.15, -0.1) is 0 Å². The van der Waals surface area contributed by atoms with E-state index in [4.69, 9.17) is 5.11 Å². The van der Waals surface area contributed by atoms with Crippen molar-refractivity contribution >= 4 is 5.97 Å². The van der Waals surface area contributed by atoms with Crippen LogP contribution in [0.15, 0.2) is 53.5 Å². The fraction of sp³-hybridized carbons (Fsp3) is 0.200. The molecule has 98 valence electrons. The second-order valence-electron chi connectivity index (χ2n) is 4.31. The Morgan fingerprint density at radius 1 is 1.11 bits per heavy atom. The smallest absolute Gasteiger partial charge is 0.341 e. The average molecular weight is 257 g/mol. The van der Waals surface area contributed by atoms with Crippen LogP contribution in [0.1, 0.15) is 22.3 Å². The number of carboxylic acids is 1. The predicted octanol–water partition coefficient (Wildman–Crippen LogP) is 2.18. The maximum Gasteiger partial charge on any atom is 0.341 e. The number of benzene rings is 1. The molecule has 0 amide bonds. The van der Waals surface area contributed by atoms with Gasteiger partial charge in [-0.2, -0.15) is 0 Å². The summed E-state index contributed by atoms with van der Waals surface area (Å²) < 4.78 is 1.45. The highest BCUT2D eigenvalue weighted by Gasteiger charge is 2.09. The van der Waals surface area contributed by atoms with E-state index >= 15 is 0 Å². The molecule has 0 bridgehead atoms. The highest BCUT2D eigenvalue weighted by atomic mass is 16.4. The first-order chi connectivity index (χ1) is 9.18. The molecule has 19 heavy (non-hydrogen) atoms. The molecule has 0 atom stereocenters. The van der Waals surface area contributed by atoms with Crippen molar-refractivity contribution in [2.75, 3.05) is 0 Å². The van der Waals surface area contributed by atoms with Crippen molar-refractivity contribution in [3.05, 3.63) is 70.1 Å². The predicted molar refractivity (Wildman–Crippen MR) is 72.4 cm³/mol. The minimum atomic E-state index is -1.18. The summed E-state index contributed by atoms with van der Waals surface area (Å²) in [5.41, 5.74) is 0.593. The molecule has 0 fully saturated rings.